The first kappa shape index (κ1) is 18.2. The first-order valence-corrected chi connectivity index (χ1v) is 8.34. The van der Waals surface area contributed by atoms with Crippen molar-refractivity contribution in [2.75, 3.05) is 12.4 Å². The number of carbonyl (C=O) groups is 1. The highest BCUT2D eigenvalue weighted by molar-refractivity contribution is 5.90. The zero-order valence-electron chi connectivity index (χ0n) is 14.8. The summed E-state index contributed by atoms with van der Waals surface area (Å²) in [6, 6.07) is 16.2. The van der Waals surface area contributed by atoms with Crippen LogP contribution in [0, 0.1) is 0 Å². The first-order valence-electron chi connectivity index (χ1n) is 8.34. The number of anilines is 1. The van der Waals surface area contributed by atoms with Crippen molar-refractivity contribution in [1.82, 2.24) is 9.13 Å². The highest BCUT2D eigenvalue weighted by Gasteiger charge is 2.10. The molecule has 2 aromatic carbocycles. The van der Waals surface area contributed by atoms with Crippen molar-refractivity contribution >= 4 is 11.6 Å². The molecule has 27 heavy (non-hydrogen) atoms. The standard InChI is InChI=1S/C20H19N3O4/c1-27-17-9-5-8-16(12-17)21-18(24)14-23-11-10-22(19(25)20(23)26)13-15-6-3-2-4-7-15/h2-12H,13-14H2,1H3,(H,21,24). The fourth-order valence-electron chi connectivity index (χ4n) is 2.63. The lowest BCUT2D eigenvalue weighted by atomic mass is 10.2. The number of hydrogen-bond acceptors (Lipinski definition) is 4. The Kier molecular flexibility index (Phi) is 5.51. The van der Waals surface area contributed by atoms with Gasteiger partial charge in [0.1, 0.15) is 12.3 Å². The molecule has 0 aliphatic heterocycles. The lowest BCUT2D eigenvalue weighted by Gasteiger charge is -2.10. The van der Waals surface area contributed by atoms with Crippen molar-refractivity contribution < 1.29 is 9.53 Å². The molecule has 0 unspecified atom stereocenters. The van der Waals surface area contributed by atoms with E-state index in [-0.39, 0.29) is 6.54 Å². The van der Waals surface area contributed by atoms with E-state index in [1.165, 1.54) is 24.1 Å². The topological polar surface area (TPSA) is 82.3 Å². The number of rotatable bonds is 6. The lowest BCUT2D eigenvalue weighted by molar-refractivity contribution is -0.116. The van der Waals surface area contributed by atoms with Crippen LogP contribution in [0.5, 0.6) is 5.75 Å². The fraction of sp³-hybridized carbons (Fsp3) is 0.150. The average molecular weight is 365 g/mol. The van der Waals surface area contributed by atoms with Crippen molar-refractivity contribution in [3.8, 4) is 5.75 Å². The van der Waals surface area contributed by atoms with E-state index in [1.807, 2.05) is 30.3 Å². The molecule has 0 saturated heterocycles. The van der Waals surface area contributed by atoms with Crippen LogP contribution in [-0.4, -0.2) is 22.2 Å². The van der Waals surface area contributed by atoms with E-state index in [0.29, 0.717) is 18.0 Å². The number of methoxy groups -OCH3 is 1. The molecule has 1 aromatic heterocycles. The van der Waals surface area contributed by atoms with Crippen LogP contribution in [0.4, 0.5) is 5.69 Å². The van der Waals surface area contributed by atoms with E-state index in [0.717, 1.165) is 10.1 Å². The third-order valence-corrected chi connectivity index (χ3v) is 3.99. The molecule has 3 rings (SSSR count). The fourth-order valence-corrected chi connectivity index (χ4v) is 2.63. The Labute approximate surface area is 155 Å². The van der Waals surface area contributed by atoms with E-state index >= 15 is 0 Å². The number of carbonyl (C=O) groups excluding carboxylic acids is 1. The van der Waals surface area contributed by atoms with Crippen LogP contribution >= 0.6 is 0 Å². The number of amides is 1. The summed E-state index contributed by atoms with van der Waals surface area (Å²) < 4.78 is 7.53. The summed E-state index contributed by atoms with van der Waals surface area (Å²) in [5.41, 5.74) is 0.0436. The summed E-state index contributed by atoms with van der Waals surface area (Å²) in [7, 11) is 1.53. The predicted octanol–water partition coefficient (Wildman–Crippen LogP) is 1.71. The molecule has 0 aliphatic rings. The van der Waals surface area contributed by atoms with Gasteiger partial charge in [-0.3, -0.25) is 19.0 Å². The molecular weight excluding hydrogens is 346 g/mol. The number of hydrogen-bond donors (Lipinski definition) is 1. The number of ether oxygens (including phenoxy) is 1. The van der Waals surface area contributed by atoms with Crippen molar-refractivity contribution in [2.45, 2.75) is 13.1 Å². The van der Waals surface area contributed by atoms with Gasteiger partial charge in [0, 0.05) is 24.1 Å². The molecule has 1 amide bonds. The van der Waals surface area contributed by atoms with E-state index in [1.54, 1.807) is 24.3 Å². The van der Waals surface area contributed by atoms with Crippen molar-refractivity contribution in [3.05, 3.63) is 93.3 Å². The molecule has 1 heterocycles. The van der Waals surface area contributed by atoms with E-state index in [4.69, 9.17) is 4.74 Å². The second kappa shape index (κ2) is 8.18. The molecular formula is C20H19N3O4. The van der Waals surface area contributed by atoms with Gasteiger partial charge in [0.15, 0.2) is 0 Å². The van der Waals surface area contributed by atoms with Crippen LogP contribution < -0.4 is 21.2 Å². The van der Waals surface area contributed by atoms with Gasteiger partial charge in [-0.05, 0) is 17.7 Å². The third kappa shape index (κ3) is 4.52. The molecule has 0 saturated carbocycles. The summed E-state index contributed by atoms with van der Waals surface area (Å²) in [6.45, 7) is 0.0449. The van der Waals surface area contributed by atoms with Crippen LogP contribution in [-0.2, 0) is 17.9 Å². The van der Waals surface area contributed by atoms with Crippen LogP contribution in [0.3, 0.4) is 0 Å². The molecule has 0 radical (unpaired) electrons. The summed E-state index contributed by atoms with van der Waals surface area (Å²) in [5, 5.41) is 2.68. The molecule has 3 aromatic rings. The SMILES string of the molecule is COc1cccc(NC(=O)Cn2ccn(Cc3ccccc3)c(=O)c2=O)c1. The monoisotopic (exact) mass is 365 g/mol. The largest absolute Gasteiger partial charge is 0.497 e. The highest BCUT2D eigenvalue weighted by Crippen LogP contribution is 2.16. The van der Waals surface area contributed by atoms with Gasteiger partial charge in [0.2, 0.25) is 5.91 Å². The van der Waals surface area contributed by atoms with Crippen molar-refractivity contribution in [3.63, 3.8) is 0 Å². The lowest BCUT2D eigenvalue weighted by Crippen LogP contribution is -2.42. The number of benzene rings is 2. The van der Waals surface area contributed by atoms with Crippen LogP contribution in [0.25, 0.3) is 0 Å². The number of nitrogens with zero attached hydrogens (tertiary/aromatic N) is 2. The highest BCUT2D eigenvalue weighted by atomic mass is 16.5. The van der Waals surface area contributed by atoms with Gasteiger partial charge < -0.3 is 14.6 Å². The van der Waals surface area contributed by atoms with Gasteiger partial charge in [-0.1, -0.05) is 36.4 Å². The Hall–Kier alpha value is -3.61. The third-order valence-electron chi connectivity index (χ3n) is 3.99. The summed E-state index contributed by atoms with van der Waals surface area (Å²) in [6.07, 6.45) is 2.95. The molecule has 0 fully saturated rings. The molecule has 0 aliphatic carbocycles. The smallest absolute Gasteiger partial charge is 0.316 e. The molecule has 0 bridgehead atoms. The van der Waals surface area contributed by atoms with E-state index in [2.05, 4.69) is 5.32 Å². The number of nitrogens with one attached hydrogen (secondary N) is 1. The predicted molar refractivity (Wildman–Crippen MR) is 102 cm³/mol. The molecule has 0 atom stereocenters. The minimum absolute atomic E-state index is 0.253. The molecule has 7 heteroatoms. The van der Waals surface area contributed by atoms with Crippen LogP contribution in [0.1, 0.15) is 5.56 Å². The van der Waals surface area contributed by atoms with Gasteiger partial charge in [-0.25, -0.2) is 0 Å². The number of aromatic nitrogens is 2. The van der Waals surface area contributed by atoms with E-state index < -0.39 is 17.0 Å². The Morgan fingerprint density at radius 3 is 2.41 bits per heavy atom. The van der Waals surface area contributed by atoms with Gasteiger partial charge in [-0.2, -0.15) is 0 Å². The minimum Gasteiger partial charge on any atom is -0.497 e. The second-order valence-corrected chi connectivity index (χ2v) is 5.93. The summed E-state index contributed by atoms with van der Waals surface area (Å²) in [4.78, 5) is 36.8. The van der Waals surface area contributed by atoms with Gasteiger partial charge in [-0.15, -0.1) is 0 Å². The van der Waals surface area contributed by atoms with Crippen LogP contribution in [0.15, 0.2) is 76.6 Å². The Bertz CT molecular complexity index is 1050. The van der Waals surface area contributed by atoms with Gasteiger partial charge in [0.05, 0.1) is 13.7 Å². The molecule has 138 valence electrons. The van der Waals surface area contributed by atoms with Gasteiger partial charge >= 0.3 is 11.1 Å². The van der Waals surface area contributed by atoms with Crippen molar-refractivity contribution in [2.24, 2.45) is 0 Å². The Morgan fingerprint density at radius 1 is 0.963 bits per heavy atom. The maximum Gasteiger partial charge on any atom is 0.316 e. The van der Waals surface area contributed by atoms with E-state index in [9.17, 15) is 14.4 Å². The van der Waals surface area contributed by atoms with Crippen molar-refractivity contribution in [1.29, 1.82) is 0 Å². The minimum atomic E-state index is -0.741. The molecule has 1 N–H and O–H groups in total. The van der Waals surface area contributed by atoms with Gasteiger partial charge in [0.25, 0.3) is 0 Å². The first-order chi connectivity index (χ1) is 13.1. The molecule has 7 nitrogen and oxygen atoms in total. The zero-order chi connectivity index (χ0) is 19.2. The summed E-state index contributed by atoms with van der Waals surface area (Å²) in [5.74, 6) is 0.194. The average Bonchev–Trinajstić information content (AvgIpc) is 2.68. The second-order valence-electron chi connectivity index (χ2n) is 5.93. The Balaban J connectivity index is 1.73. The Morgan fingerprint density at radius 2 is 1.67 bits per heavy atom. The normalized spacial score (nSPS) is 10.4. The molecule has 0 spiro atoms. The quantitative estimate of drug-likeness (QED) is 0.674. The zero-order valence-corrected chi connectivity index (χ0v) is 14.8. The summed E-state index contributed by atoms with van der Waals surface area (Å²) >= 11 is 0. The maximum absolute atomic E-state index is 12.3. The maximum atomic E-state index is 12.3. The van der Waals surface area contributed by atoms with Crippen LogP contribution in [0.2, 0.25) is 0 Å².